The molecule has 0 fully saturated rings. The summed E-state index contributed by atoms with van der Waals surface area (Å²) >= 11 is 0. The van der Waals surface area contributed by atoms with Crippen LogP contribution in [0.3, 0.4) is 0 Å². The molecule has 6 heteroatoms. The lowest BCUT2D eigenvalue weighted by molar-refractivity contribution is 0.213. The van der Waals surface area contributed by atoms with Gasteiger partial charge in [-0.1, -0.05) is 18.2 Å². The molecule has 0 radical (unpaired) electrons. The van der Waals surface area contributed by atoms with Gasteiger partial charge in [-0.05, 0) is 17.7 Å². The molecule has 3 N–H and O–H groups in total. The van der Waals surface area contributed by atoms with E-state index in [1.807, 2.05) is 30.3 Å². The van der Waals surface area contributed by atoms with Gasteiger partial charge in [0.2, 0.25) is 0 Å². The monoisotopic (exact) mass is 272 g/mol. The lowest BCUT2D eigenvalue weighted by Crippen LogP contribution is -2.40. The fourth-order valence-corrected chi connectivity index (χ4v) is 2.20. The Morgan fingerprint density at radius 3 is 3.05 bits per heavy atom. The molecule has 0 unspecified atom stereocenters. The quantitative estimate of drug-likeness (QED) is 0.782. The van der Waals surface area contributed by atoms with Crippen LogP contribution in [0.4, 0.5) is 4.79 Å². The minimum Gasteiger partial charge on any atom is -0.488 e. The zero-order chi connectivity index (χ0) is 13.8. The summed E-state index contributed by atoms with van der Waals surface area (Å²) in [5, 5.41) is 12.2. The normalized spacial score (nSPS) is 16.3. The second kappa shape index (κ2) is 5.64. The molecule has 1 aromatic heterocycles. The Balaban J connectivity index is 1.41. The Labute approximate surface area is 116 Å². The summed E-state index contributed by atoms with van der Waals surface area (Å²) < 4.78 is 5.75. The summed E-state index contributed by atoms with van der Waals surface area (Å²) in [5.41, 5.74) is 2.06. The number of nitrogens with zero attached hydrogens (tertiary/aromatic N) is 1. The standard InChI is InChI=1S/C14H16N4O2/c19-14(15-8-11-5-6-17-18-11)16-9-12-7-10-3-1-2-4-13(10)20-12/h1-6,12H,7-9H2,(H,17,18)(H2,15,16,19)/t12-/m1/s1. The van der Waals surface area contributed by atoms with Gasteiger partial charge in [0, 0.05) is 12.6 Å². The Kier molecular flexibility index (Phi) is 3.54. The summed E-state index contributed by atoms with van der Waals surface area (Å²) in [5.74, 6) is 0.914. The molecule has 0 bridgehead atoms. The number of ether oxygens (including phenoxy) is 1. The third-order valence-electron chi connectivity index (χ3n) is 3.20. The highest BCUT2D eigenvalue weighted by atomic mass is 16.5. The van der Waals surface area contributed by atoms with Crippen LogP contribution in [-0.2, 0) is 13.0 Å². The van der Waals surface area contributed by atoms with Gasteiger partial charge in [-0.2, -0.15) is 5.10 Å². The van der Waals surface area contributed by atoms with Crippen molar-refractivity contribution in [2.75, 3.05) is 6.54 Å². The minimum atomic E-state index is -0.209. The molecule has 1 aliphatic rings. The van der Waals surface area contributed by atoms with Gasteiger partial charge in [-0.15, -0.1) is 0 Å². The van der Waals surface area contributed by atoms with Gasteiger partial charge in [0.05, 0.1) is 18.8 Å². The van der Waals surface area contributed by atoms with E-state index in [-0.39, 0.29) is 12.1 Å². The van der Waals surface area contributed by atoms with Crippen LogP contribution >= 0.6 is 0 Å². The highest BCUT2D eigenvalue weighted by Crippen LogP contribution is 2.27. The number of para-hydroxylation sites is 1. The van der Waals surface area contributed by atoms with Crippen molar-refractivity contribution in [2.24, 2.45) is 0 Å². The first-order chi connectivity index (χ1) is 9.81. The topological polar surface area (TPSA) is 79.0 Å². The lowest BCUT2D eigenvalue weighted by atomic mass is 10.1. The maximum absolute atomic E-state index is 11.7. The number of rotatable bonds is 4. The van der Waals surface area contributed by atoms with Gasteiger partial charge < -0.3 is 15.4 Å². The molecule has 1 aromatic carbocycles. The molecule has 1 aliphatic heterocycles. The first-order valence-corrected chi connectivity index (χ1v) is 6.56. The smallest absolute Gasteiger partial charge is 0.315 e. The number of fused-ring (bicyclic) bond motifs is 1. The molecule has 3 rings (SSSR count). The Morgan fingerprint density at radius 2 is 2.25 bits per heavy atom. The van der Waals surface area contributed by atoms with Gasteiger partial charge in [0.25, 0.3) is 0 Å². The molecule has 20 heavy (non-hydrogen) atoms. The van der Waals surface area contributed by atoms with Crippen LogP contribution in [0.15, 0.2) is 36.5 Å². The number of aromatic amines is 1. The number of benzene rings is 1. The first kappa shape index (κ1) is 12.5. The average molecular weight is 272 g/mol. The summed E-state index contributed by atoms with van der Waals surface area (Å²) in [6.45, 7) is 0.918. The van der Waals surface area contributed by atoms with Crippen molar-refractivity contribution >= 4 is 6.03 Å². The van der Waals surface area contributed by atoms with Crippen molar-refractivity contribution in [3.05, 3.63) is 47.8 Å². The van der Waals surface area contributed by atoms with Crippen LogP contribution in [0.25, 0.3) is 0 Å². The Hall–Kier alpha value is -2.50. The number of carbonyl (C=O) groups excluding carboxylic acids is 1. The molecule has 2 aromatic rings. The van der Waals surface area contributed by atoms with Crippen molar-refractivity contribution in [1.82, 2.24) is 20.8 Å². The van der Waals surface area contributed by atoms with E-state index in [0.29, 0.717) is 13.1 Å². The maximum Gasteiger partial charge on any atom is 0.315 e. The highest BCUT2D eigenvalue weighted by Gasteiger charge is 2.22. The summed E-state index contributed by atoms with van der Waals surface area (Å²) in [4.78, 5) is 11.7. The van der Waals surface area contributed by atoms with Crippen LogP contribution in [0.5, 0.6) is 5.75 Å². The molecule has 1 atom stereocenters. The summed E-state index contributed by atoms with van der Waals surface area (Å²) in [6, 6.07) is 9.55. The molecule has 0 spiro atoms. The van der Waals surface area contributed by atoms with Gasteiger partial charge >= 0.3 is 6.03 Å². The van der Waals surface area contributed by atoms with Gasteiger partial charge in [-0.3, -0.25) is 5.10 Å². The zero-order valence-corrected chi connectivity index (χ0v) is 10.9. The molecule has 2 heterocycles. The van der Waals surface area contributed by atoms with Crippen molar-refractivity contribution in [3.8, 4) is 5.75 Å². The van der Waals surface area contributed by atoms with Crippen LogP contribution < -0.4 is 15.4 Å². The molecular weight excluding hydrogens is 256 g/mol. The number of nitrogens with one attached hydrogen (secondary N) is 3. The number of urea groups is 1. The molecule has 0 aliphatic carbocycles. The van der Waals surface area contributed by atoms with E-state index in [0.717, 1.165) is 17.9 Å². The first-order valence-electron chi connectivity index (χ1n) is 6.56. The third-order valence-corrected chi connectivity index (χ3v) is 3.20. The van der Waals surface area contributed by atoms with E-state index in [4.69, 9.17) is 4.74 Å². The Bertz CT molecular complexity index is 558. The number of H-pyrrole nitrogens is 1. The lowest BCUT2D eigenvalue weighted by Gasteiger charge is -2.12. The average Bonchev–Trinajstić information content (AvgIpc) is 3.11. The molecular formula is C14H16N4O2. The molecule has 2 amide bonds. The Morgan fingerprint density at radius 1 is 1.35 bits per heavy atom. The van der Waals surface area contributed by atoms with Gasteiger partial charge in [0.1, 0.15) is 11.9 Å². The number of hydrogen-bond donors (Lipinski definition) is 3. The van der Waals surface area contributed by atoms with Crippen molar-refractivity contribution in [1.29, 1.82) is 0 Å². The number of amides is 2. The van der Waals surface area contributed by atoms with E-state index in [1.54, 1.807) is 6.20 Å². The fraction of sp³-hybridized carbons (Fsp3) is 0.286. The molecule has 104 valence electrons. The van der Waals surface area contributed by atoms with Crippen molar-refractivity contribution < 1.29 is 9.53 Å². The predicted molar refractivity (Wildman–Crippen MR) is 73.4 cm³/mol. The van der Waals surface area contributed by atoms with Gasteiger partial charge in [-0.25, -0.2) is 4.79 Å². The van der Waals surface area contributed by atoms with Crippen molar-refractivity contribution in [3.63, 3.8) is 0 Å². The largest absolute Gasteiger partial charge is 0.488 e. The number of hydrogen-bond acceptors (Lipinski definition) is 3. The maximum atomic E-state index is 11.7. The molecule has 0 saturated heterocycles. The van der Waals surface area contributed by atoms with E-state index in [1.165, 1.54) is 5.56 Å². The zero-order valence-electron chi connectivity index (χ0n) is 10.9. The molecule has 6 nitrogen and oxygen atoms in total. The van der Waals surface area contributed by atoms with E-state index in [2.05, 4.69) is 20.8 Å². The van der Waals surface area contributed by atoms with Crippen LogP contribution in [0.1, 0.15) is 11.3 Å². The van der Waals surface area contributed by atoms with E-state index < -0.39 is 0 Å². The second-order valence-electron chi connectivity index (χ2n) is 4.70. The predicted octanol–water partition coefficient (Wildman–Crippen LogP) is 1.21. The van der Waals surface area contributed by atoms with Crippen LogP contribution in [0.2, 0.25) is 0 Å². The summed E-state index contributed by atoms with van der Waals surface area (Å²) in [7, 11) is 0. The minimum absolute atomic E-state index is 0.00491. The second-order valence-corrected chi connectivity index (χ2v) is 4.70. The molecule has 0 saturated carbocycles. The van der Waals surface area contributed by atoms with Crippen LogP contribution in [-0.4, -0.2) is 28.9 Å². The van der Waals surface area contributed by atoms with Crippen LogP contribution in [0, 0.1) is 0 Å². The number of carbonyl (C=O) groups is 1. The highest BCUT2D eigenvalue weighted by molar-refractivity contribution is 5.73. The van der Waals surface area contributed by atoms with E-state index >= 15 is 0 Å². The third kappa shape index (κ3) is 2.90. The van der Waals surface area contributed by atoms with Crippen molar-refractivity contribution in [2.45, 2.75) is 19.1 Å². The number of aromatic nitrogens is 2. The summed E-state index contributed by atoms with van der Waals surface area (Å²) in [6.07, 6.45) is 2.49. The fourth-order valence-electron chi connectivity index (χ4n) is 2.20. The van der Waals surface area contributed by atoms with E-state index in [9.17, 15) is 4.79 Å². The SMILES string of the molecule is O=C(NCc1ccn[nH]1)NC[C@H]1Cc2ccccc2O1. The van der Waals surface area contributed by atoms with Gasteiger partial charge in [0.15, 0.2) is 0 Å².